The molecule has 1 heterocycles. The molecule has 18 heavy (non-hydrogen) atoms. The van der Waals surface area contributed by atoms with Crippen molar-refractivity contribution in [3.8, 4) is 0 Å². The molecule has 96 valence electrons. The van der Waals surface area contributed by atoms with Gasteiger partial charge in [-0.1, -0.05) is 12.1 Å². The van der Waals surface area contributed by atoms with Gasteiger partial charge in [0, 0.05) is 12.2 Å². The largest absolute Gasteiger partial charge is 0.367 e. The van der Waals surface area contributed by atoms with Crippen molar-refractivity contribution in [3.05, 3.63) is 34.9 Å². The zero-order chi connectivity index (χ0) is 12.6. The number of Topliss-reactive ketones (excluding diaryl/α,β-unsaturated/α-hetero) is 1. The van der Waals surface area contributed by atoms with Crippen molar-refractivity contribution in [1.29, 1.82) is 0 Å². The van der Waals surface area contributed by atoms with E-state index in [1.165, 1.54) is 24.0 Å². The molecule has 3 rings (SSSR count). The van der Waals surface area contributed by atoms with Crippen LogP contribution in [0.25, 0.3) is 0 Å². The number of carbonyl (C=O) groups excluding carboxylic acids is 1. The van der Waals surface area contributed by atoms with Crippen LogP contribution in [-0.2, 0) is 17.6 Å². The number of aryl methyl sites for hydroxylation is 2. The standard InChI is InChI=1S/C16H20O2/c1-16(9-4-10-18-16)15(17)14-8-7-12-5-2-3-6-13(12)11-14/h7-8,11H,2-6,9-10H2,1H3. The van der Waals surface area contributed by atoms with Crippen LogP contribution in [0.2, 0.25) is 0 Å². The lowest BCUT2D eigenvalue weighted by Crippen LogP contribution is -2.34. The van der Waals surface area contributed by atoms with Gasteiger partial charge in [0.2, 0.25) is 0 Å². The summed E-state index contributed by atoms with van der Waals surface area (Å²) in [4.78, 5) is 12.5. The Kier molecular flexibility index (Phi) is 2.98. The van der Waals surface area contributed by atoms with Crippen LogP contribution in [0.15, 0.2) is 18.2 Å². The molecule has 0 saturated carbocycles. The summed E-state index contributed by atoms with van der Waals surface area (Å²) in [7, 11) is 0. The predicted molar refractivity (Wildman–Crippen MR) is 71.0 cm³/mol. The highest BCUT2D eigenvalue weighted by Gasteiger charge is 2.38. The molecule has 1 aliphatic heterocycles. The lowest BCUT2D eigenvalue weighted by molar-refractivity contribution is 0.0213. The van der Waals surface area contributed by atoms with Crippen molar-refractivity contribution >= 4 is 5.78 Å². The zero-order valence-corrected chi connectivity index (χ0v) is 11.0. The van der Waals surface area contributed by atoms with Crippen molar-refractivity contribution < 1.29 is 9.53 Å². The van der Waals surface area contributed by atoms with E-state index in [2.05, 4.69) is 12.1 Å². The molecule has 1 aromatic rings. The first-order valence-corrected chi connectivity index (χ1v) is 7.00. The molecule has 0 radical (unpaired) electrons. The molecule has 1 atom stereocenters. The summed E-state index contributed by atoms with van der Waals surface area (Å²) in [6, 6.07) is 6.23. The van der Waals surface area contributed by atoms with Crippen molar-refractivity contribution in [3.63, 3.8) is 0 Å². The summed E-state index contributed by atoms with van der Waals surface area (Å²) in [5.41, 5.74) is 3.05. The predicted octanol–water partition coefficient (Wildman–Crippen LogP) is 3.32. The maximum atomic E-state index is 12.5. The number of hydrogen-bond donors (Lipinski definition) is 0. The number of fused-ring (bicyclic) bond motifs is 1. The van der Waals surface area contributed by atoms with Crippen molar-refractivity contribution in [1.82, 2.24) is 0 Å². The van der Waals surface area contributed by atoms with Crippen molar-refractivity contribution in [2.45, 2.75) is 51.0 Å². The smallest absolute Gasteiger partial charge is 0.194 e. The first kappa shape index (κ1) is 11.9. The molecule has 0 spiro atoms. The molecule has 1 saturated heterocycles. The minimum Gasteiger partial charge on any atom is -0.367 e. The quantitative estimate of drug-likeness (QED) is 0.746. The van der Waals surface area contributed by atoms with Crippen molar-refractivity contribution in [2.75, 3.05) is 6.61 Å². The third-order valence-corrected chi connectivity index (χ3v) is 4.31. The van der Waals surface area contributed by atoms with Gasteiger partial charge in [-0.05, 0) is 62.6 Å². The van der Waals surface area contributed by atoms with Gasteiger partial charge in [-0.2, -0.15) is 0 Å². The Bertz CT molecular complexity index is 470. The number of carbonyl (C=O) groups is 1. The average Bonchev–Trinajstić information content (AvgIpc) is 2.85. The highest BCUT2D eigenvalue weighted by atomic mass is 16.5. The van der Waals surface area contributed by atoms with Gasteiger partial charge in [-0.25, -0.2) is 0 Å². The van der Waals surface area contributed by atoms with Gasteiger partial charge in [0.1, 0.15) is 5.60 Å². The molecule has 2 heteroatoms. The van der Waals surface area contributed by atoms with Gasteiger partial charge >= 0.3 is 0 Å². The van der Waals surface area contributed by atoms with Crippen LogP contribution >= 0.6 is 0 Å². The van der Waals surface area contributed by atoms with E-state index in [1.807, 2.05) is 13.0 Å². The lowest BCUT2D eigenvalue weighted by atomic mass is 9.86. The molecule has 0 amide bonds. The van der Waals surface area contributed by atoms with Crippen molar-refractivity contribution in [2.24, 2.45) is 0 Å². The number of ketones is 1. The third-order valence-electron chi connectivity index (χ3n) is 4.31. The molecular weight excluding hydrogens is 224 g/mol. The highest BCUT2D eigenvalue weighted by Crippen LogP contribution is 2.30. The van der Waals surface area contributed by atoms with Crippen LogP contribution < -0.4 is 0 Å². The Balaban J connectivity index is 1.90. The summed E-state index contributed by atoms with van der Waals surface area (Å²) in [5, 5.41) is 0. The van der Waals surface area contributed by atoms with Crippen LogP contribution in [0.3, 0.4) is 0 Å². The van der Waals surface area contributed by atoms with E-state index in [-0.39, 0.29) is 5.78 Å². The molecule has 1 unspecified atom stereocenters. The minimum atomic E-state index is -0.580. The van der Waals surface area contributed by atoms with E-state index < -0.39 is 5.60 Å². The van der Waals surface area contributed by atoms with E-state index in [0.717, 1.165) is 31.2 Å². The Morgan fingerprint density at radius 2 is 1.94 bits per heavy atom. The minimum absolute atomic E-state index is 0.161. The second-order valence-electron chi connectivity index (χ2n) is 5.70. The van der Waals surface area contributed by atoms with Crippen LogP contribution in [-0.4, -0.2) is 18.0 Å². The van der Waals surface area contributed by atoms with Gasteiger partial charge < -0.3 is 4.74 Å². The fourth-order valence-electron chi connectivity index (χ4n) is 3.14. The molecule has 1 fully saturated rings. The normalized spacial score (nSPS) is 26.9. The zero-order valence-electron chi connectivity index (χ0n) is 11.0. The molecule has 2 nitrogen and oxygen atoms in total. The van der Waals surface area contributed by atoms with Gasteiger partial charge in [0.25, 0.3) is 0 Å². The van der Waals surface area contributed by atoms with Crippen LogP contribution in [0.5, 0.6) is 0 Å². The molecule has 1 aromatic carbocycles. The van der Waals surface area contributed by atoms with E-state index >= 15 is 0 Å². The number of ether oxygens (including phenoxy) is 1. The summed E-state index contributed by atoms with van der Waals surface area (Å²) >= 11 is 0. The Morgan fingerprint density at radius 1 is 1.17 bits per heavy atom. The van der Waals surface area contributed by atoms with E-state index in [1.54, 1.807) is 0 Å². The van der Waals surface area contributed by atoms with Gasteiger partial charge in [-0.15, -0.1) is 0 Å². The maximum Gasteiger partial charge on any atom is 0.194 e. The first-order valence-electron chi connectivity index (χ1n) is 7.00. The molecule has 2 aliphatic rings. The second-order valence-corrected chi connectivity index (χ2v) is 5.70. The Morgan fingerprint density at radius 3 is 2.67 bits per heavy atom. The Hall–Kier alpha value is -1.15. The summed E-state index contributed by atoms with van der Waals surface area (Å²) in [6.07, 6.45) is 6.65. The average molecular weight is 244 g/mol. The molecule has 1 aliphatic carbocycles. The molecular formula is C16H20O2. The van der Waals surface area contributed by atoms with Crippen LogP contribution in [0.1, 0.15) is 54.1 Å². The monoisotopic (exact) mass is 244 g/mol. The SMILES string of the molecule is CC1(C(=O)c2ccc3c(c2)CCCC3)CCCO1. The van der Waals surface area contributed by atoms with Crippen LogP contribution in [0.4, 0.5) is 0 Å². The number of benzene rings is 1. The van der Waals surface area contributed by atoms with Crippen LogP contribution in [0, 0.1) is 0 Å². The fourth-order valence-corrected chi connectivity index (χ4v) is 3.14. The molecule has 0 aromatic heterocycles. The van der Waals surface area contributed by atoms with Gasteiger partial charge in [0.15, 0.2) is 5.78 Å². The van der Waals surface area contributed by atoms with E-state index in [9.17, 15) is 4.79 Å². The lowest BCUT2D eigenvalue weighted by Gasteiger charge is -2.23. The van der Waals surface area contributed by atoms with E-state index in [0.29, 0.717) is 6.61 Å². The molecule has 0 bridgehead atoms. The molecule has 0 N–H and O–H groups in total. The maximum absolute atomic E-state index is 12.5. The topological polar surface area (TPSA) is 26.3 Å². The van der Waals surface area contributed by atoms with Gasteiger partial charge in [-0.3, -0.25) is 4.79 Å². The Labute approximate surface area is 108 Å². The third kappa shape index (κ3) is 1.99. The summed E-state index contributed by atoms with van der Waals surface area (Å²) < 4.78 is 5.65. The first-order chi connectivity index (χ1) is 8.69. The number of hydrogen-bond acceptors (Lipinski definition) is 2. The summed E-state index contributed by atoms with van der Waals surface area (Å²) in [5.74, 6) is 0.161. The van der Waals surface area contributed by atoms with Gasteiger partial charge in [0.05, 0.1) is 0 Å². The van der Waals surface area contributed by atoms with E-state index in [4.69, 9.17) is 4.74 Å². The fraction of sp³-hybridized carbons (Fsp3) is 0.562. The highest BCUT2D eigenvalue weighted by molar-refractivity contribution is 6.02. The summed E-state index contributed by atoms with van der Waals surface area (Å²) in [6.45, 7) is 2.65. The number of rotatable bonds is 2. The second kappa shape index (κ2) is 4.51.